The van der Waals surface area contributed by atoms with Crippen molar-refractivity contribution in [2.24, 2.45) is 4.40 Å². The van der Waals surface area contributed by atoms with Crippen molar-refractivity contribution in [1.29, 1.82) is 0 Å². The van der Waals surface area contributed by atoms with E-state index in [2.05, 4.69) is 20.3 Å². The molecule has 0 bridgehead atoms. The van der Waals surface area contributed by atoms with Gasteiger partial charge in [0.25, 0.3) is 10.0 Å². The van der Waals surface area contributed by atoms with Crippen molar-refractivity contribution in [3.8, 4) is 5.75 Å². The molecular formula is C14H12BrNO3S. The minimum absolute atomic E-state index is 0.0314. The average Bonchev–Trinajstić information content (AvgIpc) is 2.40. The smallest absolute Gasteiger partial charge is 0.282 e. The van der Waals surface area contributed by atoms with Crippen molar-refractivity contribution in [2.75, 3.05) is 0 Å². The Morgan fingerprint density at radius 2 is 1.80 bits per heavy atom. The van der Waals surface area contributed by atoms with E-state index in [1.807, 2.05) is 6.92 Å². The Hall–Kier alpha value is -1.66. The Morgan fingerprint density at radius 3 is 2.45 bits per heavy atom. The van der Waals surface area contributed by atoms with E-state index >= 15 is 0 Å². The topological polar surface area (TPSA) is 66.7 Å². The Bertz CT molecular complexity index is 752. The molecule has 0 fully saturated rings. The lowest BCUT2D eigenvalue weighted by atomic mass is 10.2. The molecule has 0 unspecified atom stereocenters. The Morgan fingerprint density at radius 1 is 1.15 bits per heavy atom. The fourth-order valence-corrected chi connectivity index (χ4v) is 2.76. The maximum absolute atomic E-state index is 12.0. The van der Waals surface area contributed by atoms with E-state index in [-0.39, 0.29) is 10.6 Å². The van der Waals surface area contributed by atoms with Crippen LogP contribution in [-0.4, -0.2) is 19.7 Å². The lowest BCUT2D eigenvalue weighted by Crippen LogP contribution is -1.98. The van der Waals surface area contributed by atoms with Crippen molar-refractivity contribution in [3.05, 3.63) is 58.1 Å². The van der Waals surface area contributed by atoms with Crippen LogP contribution in [0.2, 0.25) is 0 Å². The molecule has 0 aliphatic carbocycles. The van der Waals surface area contributed by atoms with Crippen LogP contribution in [0.4, 0.5) is 0 Å². The number of rotatable bonds is 3. The third-order valence-electron chi connectivity index (χ3n) is 2.64. The summed E-state index contributed by atoms with van der Waals surface area (Å²) in [5.41, 5.74) is 1.30. The van der Waals surface area contributed by atoms with Crippen LogP contribution in [0.15, 0.2) is 56.2 Å². The first-order chi connectivity index (χ1) is 9.38. The molecule has 0 saturated carbocycles. The second kappa shape index (κ2) is 5.76. The highest BCUT2D eigenvalue weighted by atomic mass is 79.9. The Labute approximate surface area is 126 Å². The van der Waals surface area contributed by atoms with Gasteiger partial charge in [-0.15, -0.1) is 0 Å². The summed E-state index contributed by atoms with van der Waals surface area (Å²) < 4.78 is 28.4. The monoisotopic (exact) mass is 353 g/mol. The van der Waals surface area contributed by atoms with Crippen LogP contribution < -0.4 is 0 Å². The van der Waals surface area contributed by atoms with E-state index in [1.54, 1.807) is 24.3 Å². The predicted molar refractivity (Wildman–Crippen MR) is 81.8 cm³/mol. The van der Waals surface area contributed by atoms with Gasteiger partial charge in [-0.1, -0.05) is 33.6 Å². The second-order valence-electron chi connectivity index (χ2n) is 4.23. The van der Waals surface area contributed by atoms with Crippen molar-refractivity contribution in [1.82, 2.24) is 0 Å². The number of aryl methyl sites for hydroxylation is 1. The molecule has 0 aromatic heterocycles. The molecule has 6 heteroatoms. The van der Waals surface area contributed by atoms with Gasteiger partial charge in [0.2, 0.25) is 0 Å². The molecule has 0 saturated heterocycles. The minimum atomic E-state index is -3.76. The third-order valence-corrected chi connectivity index (χ3v) is 4.38. The predicted octanol–water partition coefficient (Wildman–Crippen LogP) is 3.27. The summed E-state index contributed by atoms with van der Waals surface area (Å²) in [6.45, 7) is 1.87. The van der Waals surface area contributed by atoms with Crippen molar-refractivity contribution >= 4 is 32.2 Å². The van der Waals surface area contributed by atoms with Crippen LogP contribution in [-0.2, 0) is 10.0 Å². The van der Waals surface area contributed by atoms with Gasteiger partial charge in [-0.05, 0) is 37.3 Å². The van der Waals surface area contributed by atoms with Gasteiger partial charge >= 0.3 is 0 Å². The highest BCUT2D eigenvalue weighted by Crippen LogP contribution is 2.21. The summed E-state index contributed by atoms with van der Waals surface area (Å²) in [5.74, 6) is -0.0314. The van der Waals surface area contributed by atoms with Crippen LogP contribution in [0, 0.1) is 6.92 Å². The number of nitrogens with zero attached hydrogens (tertiary/aromatic N) is 1. The summed E-state index contributed by atoms with van der Waals surface area (Å²) in [7, 11) is -3.76. The van der Waals surface area contributed by atoms with Gasteiger partial charge in [0.1, 0.15) is 5.75 Å². The molecule has 0 heterocycles. The summed E-state index contributed by atoms with van der Waals surface area (Å²) in [6, 6.07) is 11.1. The highest BCUT2D eigenvalue weighted by Gasteiger charge is 2.11. The van der Waals surface area contributed by atoms with Gasteiger partial charge in [0.15, 0.2) is 0 Å². The van der Waals surface area contributed by atoms with E-state index in [0.717, 1.165) is 16.3 Å². The van der Waals surface area contributed by atoms with Gasteiger partial charge in [0, 0.05) is 10.0 Å². The summed E-state index contributed by atoms with van der Waals surface area (Å²) >= 11 is 3.25. The lowest BCUT2D eigenvalue weighted by Gasteiger charge is -2.01. The molecule has 1 N–H and O–H groups in total. The number of aromatic hydroxyl groups is 1. The molecule has 0 atom stereocenters. The zero-order valence-electron chi connectivity index (χ0n) is 10.6. The van der Waals surface area contributed by atoms with Crippen LogP contribution in [0.5, 0.6) is 5.75 Å². The van der Waals surface area contributed by atoms with Crippen LogP contribution in [0.3, 0.4) is 0 Å². The zero-order valence-corrected chi connectivity index (χ0v) is 13.0. The maximum atomic E-state index is 12.0. The largest absolute Gasteiger partial charge is 0.507 e. The van der Waals surface area contributed by atoms with Crippen LogP contribution in [0.1, 0.15) is 11.1 Å². The first-order valence-corrected chi connectivity index (χ1v) is 7.97. The zero-order chi connectivity index (χ0) is 14.8. The number of sulfonamides is 1. The van der Waals surface area contributed by atoms with Gasteiger partial charge in [-0.3, -0.25) is 0 Å². The highest BCUT2D eigenvalue weighted by molar-refractivity contribution is 9.10. The normalized spacial score (nSPS) is 11.9. The van der Waals surface area contributed by atoms with E-state index in [4.69, 9.17) is 0 Å². The number of hydrogen-bond donors (Lipinski definition) is 1. The van der Waals surface area contributed by atoms with Gasteiger partial charge in [-0.25, -0.2) is 0 Å². The summed E-state index contributed by atoms with van der Waals surface area (Å²) in [5, 5.41) is 9.63. The molecule has 20 heavy (non-hydrogen) atoms. The lowest BCUT2D eigenvalue weighted by molar-refractivity contribution is 0.474. The second-order valence-corrected chi connectivity index (χ2v) is 6.77. The quantitative estimate of drug-likeness (QED) is 0.861. The molecule has 0 spiro atoms. The van der Waals surface area contributed by atoms with Crippen molar-refractivity contribution < 1.29 is 13.5 Å². The van der Waals surface area contributed by atoms with E-state index in [1.165, 1.54) is 18.2 Å². The average molecular weight is 354 g/mol. The first-order valence-electron chi connectivity index (χ1n) is 5.74. The van der Waals surface area contributed by atoms with E-state index in [9.17, 15) is 13.5 Å². The fourth-order valence-electron chi connectivity index (χ4n) is 1.53. The van der Waals surface area contributed by atoms with Gasteiger partial charge < -0.3 is 5.11 Å². The number of hydrogen-bond acceptors (Lipinski definition) is 3. The summed E-state index contributed by atoms with van der Waals surface area (Å²) in [6.07, 6.45) is 1.13. The van der Waals surface area contributed by atoms with Gasteiger partial charge in [-0.2, -0.15) is 12.8 Å². The summed E-state index contributed by atoms with van der Waals surface area (Å²) in [4.78, 5) is 0.119. The number of phenolic OH excluding ortho intramolecular Hbond substituents is 1. The van der Waals surface area contributed by atoms with Crippen molar-refractivity contribution in [2.45, 2.75) is 11.8 Å². The molecule has 2 aromatic carbocycles. The number of halogens is 1. The standard InChI is InChI=1S/C14H12BrNO3S/c1-10-2-5-13(6-3-10)20(18,19)16-9-11-8-12(15)4-7-14(11)17/h2-9,17H,1H3/b16-9+. The van der Waals surface area contributed by atoms with Crippen molar-refractivity contribution in [3.63, 3.8) is 0 Å². The molecule has 0 amide bonds. The van der Waals surface area contributed by atoms with E-state index in [0.29, 0.717) is 5.56 Å². The molecule has 2 rings (SSSR count). The molecule has 0 aliphatic rings. The molecule has 104 valence electrons. The molecule has 0 aliphatic heterocycles. The Balaban J connectivity index is 2.34. The Kier molecular flexibility index (Phi) is 4.25. The van der Waals surface area contributed by atoms with Crippen LogP contribution in [0.25, 0.3) is 0 Å². The van der Waals surface area contributed by atoms with E-state index < -0.39 is 10.0 Å². The van der Waals surface area contributed by atoms with Gasteiger partial charge in [0.05, 0.1) is 11.1 Å². The van der Waals surface area contributed by atoms with Crippen LogP contribution >= 0.6 is 15.9 Å². The molecule has 4 nitrogen and oxygen atoms in total. The third kappa shape index (κ3) is 3.46. The molecule has 0 radical (unpaired) electrons. The SMILES string of the molecule is Cc1ccc(S(=O)(=O)/N=C/c2cc(Br)ccc2O)cc1. The molecular weight excluding hydrogens is 342 g/mol. The fraction of sp³-hybridized carbons (Fsp3) is 0.0714. The first kappa shape index (κ1) is 14.7. The minimum Gasteiger partial charge on any atom is -0.507 e. The number of benzene rings is 2. The molecule has 2 aromatic rings. The number of phenols is 1. The maximum Gasteiger partial charge on any atom is 0.282 e.